The Hall–Kier alpha value is -4.94. The maximum atomic E-state index is 13.6. The summed E-state index contributed by atoms with van der Waals surface area (Å²) in [6.07, 6.45) is 4.43. The van der Waals surface area contributed by atoms with Crippen molar-refractivity contribution in [3.8, 4) is 5.75 Å². The molecule has 1 aliphatic carbocycles. The lowest BCUT2D eigenvalue weighted by Gasteiger charge is -2.26. The minimum absolute atomic E-state index is 0.0293. The fourth-order valence-electron chi connectivity index (χ4n) is 6.04. The number of nitrogens with zero attached hydrogens (tertiary/aromatic N) is 1. The lowest BCUT2D eigenvalue weighted by atomic mass is 10.0. The quantitative estimate of drug-likeness (QED) is 0.283. The molecular weight excluding hydrogens is 628 g/mol. The molecule has 13 nitrogen and oxygen atoms in total. The zero-order valence-corrected chi connectivity index (χ0v) is 27.9. The van der Waals surface area contributed by atoms with Gasteiger partial charge in [0.2, 0.25) is 35.4 Å². The monoisotopic (exact) mass is 674 g/mol. The van der Waals surface area contributed by atoms with E-state index < -0.39 is 41.4 Å². The standard InChI is InChI=1S/C36H46N6O7/c1-24-32(45)40-29(22-25-8-4-2-5-9-25)34(47)41-36(16-17-36)35(48)37-18-21-49-27-13-11-26(12-14-27)23-28(33(46)38-24)39-30(43)15-20-42-19-7-3-6-10-31(42)44/h2,4-5,8-9,11-14,24,28-29H,3,6-7,10,15-23H2,1H3,(H,37,48)(H,38,46)(H,39,43)(H,40,45)(H,41,47)/t24-,28-,29+/m0/s1. The van der Waals surface area contributed by atoms with E-state index in [1.54, 1.807) is 29.2 Å². The molecule has 4 aliphatic rings. The van der Waals surface area contributed by atoms with Crippen LogP contribution in [0.4, 0.5) is 0 Å². The molecule has 0 unspecified atom stereocenters. The molecule has 49 heavy (non-hydrogen) atoms. The van der Waals surface area contributed by atoms with Crippen LogP contribution in [0.25, 0.3) is 0 Å². The molecule has 2 aromatic carbocycles. The van der Waals surface area contributed by atoms with Crippen LogP contribution in [0.2, 0.25) is 0 Å². The van der Waals surface area contributed by atoms with Crippen molar-refractivity contribution in [2.45, 2.75) is 88.4 Å². The third-order valence-corrected chi connectivity index (χ3v) is 9.17. The molecule has 2 aromatic rings. The summed E-state index contributed by atoms with van der Waals surface area (Å²) in [4.78, 5) is 81.0. The minimum Gasteiger partial charge on any atom is -0.492 e. The average molecular weight is 675 g/mol. The largest absolute Gasteiger partial charge is 0.492 e. The summed E-state index contributed by atoms with van der Waals surface area (Å²) in [6, 6.07) is 13.1. The van der Waals surface area contributed by atoms with E-state index in [4.69, 9.17) is 4.74 Å². The van der Waals surface area contributed by atoms with Gasteiger partial charge in [-0.1, -0.05) is 48.9 Å². The van der Waals surface area contributed by atoms with E-state index in [-0.39, 0.29) is 56.7 Å². The third-order valence-electron chi connectivity index (χ3n) is 9.17. The van der Waals surface area contributed by atoms with Crippen LogP contribution in [0, 0.1) is 0 Å². The van der Waals surface area contributed by atoms with E-state index in [9.17, 15) is 28.8 Å². The van der Waals surface area contributed by atoms with Crippen molar-refractivity contribution >= 4 is 35.4 Å². The number of amides is 6. The number of carbonyl (C=O) groups excluding carboxylic acids is 6. The Morgan fingerprint density at radius 3 is 2.41 bits per heavy atom. The van der Waals surface area contributed by atoms with E-state index in [1.165, 1.54) is 6.92 Å². The predicted octanol–water partition coefficient (Wildman–Crippen LogP) is 0.896. The van der Waals surface area contributed by atoms with Crippen molar-refractivity contribution in [1.82, 2.24) is 31.5 Å². The Labute approximate surface area is 286 Å². The third kappa shape index (κ3) is 10.0. The molecule has 13 heteroatoms. The Morgan fingerprint density at radius 2 is 1.67 bits per heavy atom. The van der Waals surface area contributed by atoms with Gasteiger partial charge in [-0.3, -0.25) is 28.8 Å². The van der Waals surface area contributed by atoms with E-state index in [0.29, 0.717) is 31.6 Å². The highest BCUT2D eigenvalue weighted by Gasteiger charge is 2.51. The number of rotatable bonds is 6. The van der Waals surface area contributed by atoms with Crippen LogP contribution < -0.4 is 31.3 Å². The predicted molar refractivity (Wildman–Crippen MR) is 180 cm³/mol. The molecule has 1 saturated heterocycles. The Kier molecular flexibility index (Phi) is 11.9. The summed E-state index contributed by atoms with van der Waals surface area (Å²) in [5.41, 5.74) is 0.479. The fraction of sp³-hybridized carbons (Fsp3) is 0.500. The maximum Gasteiger partial charge on any atom is 0.245 e. The summed E-state index contributed by atoms with van der Waals surface area (Å²) < 4.78 is 5.80. The minimum atomic E-state index is -1.06. The number of benzene rings is 2. The van der Waals surface area contributed by atoms with Gasteiger partial charge >= 0.3 is 0 Å². The van der Waals surface area contributed by atoms with Gasteiger partial charge in [0, 0.05) is 38.8 Å². The number of likely N-dealkylation sites (tertiary alicyclic amines) is 1. The molecular formula is C36H46N6O7. The number of hydrogen-bond donors (Lipinski definition) is 5. The molecule has 0 radical (unpaired) electrons. The van der Waals surface area contributed by atoms with Crippen LogP contribution in [0.15, 0.2) is 54.6 Å². The van der Waals surface area contributed by atoms with E-state index in [1.807, 2.05) is 30.3 Å². The molecule has 262 valence electrons. The summed E-state index contributed by atoms with van der Waals surface area (Å²) in [7, 11) is 0. The first kappa shape index (κ1) is 35.4. The van der Waals surface area contributed by atoms with Gasteiger partial charge in [0.25, 0.3) is 0 Å². The van der Waals surface area contributed by atoms with Crippen molar-refractivity contribution in [1.29, 1.82) is 0 Å². The molecule has 1 saturated carbocycles. The van der Waals surface area contributed by atoms with Gasteiger partial charge < -0.3 is 36.2 Å². The zero-order valence-electron chi connectivity index (χ0n) is 27.9. The van der Waals surface area contributed by atoms with E-state index in [2.05, 4.69) is 26.6 Å². The number of carbonyl (C=O) groups is 6. The van der Waals surface area contributed by atoms with Gasteiger partial charge in [0.1, 0.15) is 36.0 Å². The lowest BCUT2D eigenvalue weighted by Crippen LogP contribution is -2.59. The normalized spacial score (nSPS) is 23.7. The van der Waals surface area contributed by atoms with Gasteiger partial charge in [0.05, 0.1) is 6.54 Å². The van der Waals surface area contributed by atoms with E-state index in [0.717, 1.165) is 30.4 Å². The van der Waals surface area contributed by atoms with E-state index >= 15 is 0 Å². The highest BCUT2D eigenvalue weighted by molar-refractivity contribution is 5.98. The van der Waals surface area contributed by atoms with Gasteiger partial charge in [-0.05, 0) is 55.9 Å². The molecule has 2 bridgehead atoms. The molecule has 5 N–H and O–H groups in total. The topological polar surface area (TPSA) is 175 Å². The smallest absolute Gasteiger partial charge is 0.245 e. The lowest BCUT2D eigenvalue weighted by molar-refractivity contribution is -0.134. The van der Waals surface area contributed by atoms with Crippen LogP contribution in [-0.4, -0.2) is 90.2 Å². The molecule has 3 heterocycles. The Balaban J connectivity index is 1.32. The second-order valence-corrected chi connectivity index (χ2v) is 13.1. The molecule has 3 atom stereocenters. The van der Waals surface area contributed by atoms with Crippen LogP contribution in [0.3, 0.4) is 0 Å². The average Bonchev–Trinajstić information content (AvgIpc) is 3.90. The van der Waals surface area contributed by atoms with Crippen LogP contribution in [0.1, 0.15) is 63.0 Å². The summed E-state index contributed by atoms with van der Waals surface area (Å²) in [6.45, 7) is 2.78. The van der Waals surface area contributed by atoms with Crippen LogP contribution in [-0.2, 0) is 41.6 Å². The maximum absolute atomic E-state index is 13.6. The van der Waals surface area contributed by atoms with Gasteiger partial charge in [-0.25, -0.2) is 0 Å². The molecule has 0 aromatic heterocycles. The fourth-order valence-corrected chi connectivity index (χ4v) is 6.04. The summed E-state index contributed by atoms with van der Waals surface area (Å²) in [5.74, 6) is -1.80. The number of nitrogens with one attached hydrogen (secondary N) is 5. The first-order valence-electron chi connectivity index (χ1n) is 17.2. The van der Waals surface area contributed by atoms with Gasteiger partial charge in [0.15, 0.2) is 0 Å². The molecule has 6 rings (SSSR count). The van der Waals surface area contributed by atoms with Crippen molar-refractivity contribution < 1.29 is 33.5 Å². The summed E-state index contributed by atoms with van der Waals surface area (Å²) >= 11 is 0. The number of fused-ring (bicyclic) bond motifs is 15. The first-order valence-corrected chi connectivity index (χ1v) is 17.2. The highest BCUT2D eigenvalue weighted by atomic mass is 16.5. The van der Waals surface area contributed by atoms with Gasteiger partial charge in [-0.2, -0.15) is 0 Å². The first-order chi connectivity index (χ1) is 23.6. The molecule has 2 fully saturated rings. The highest BCUT2D eigenvalue weighted by Crippen LogP contribution is 2.35. The van der Waals surface area contributed by atoms with Gasteiger partial charge in [-0.15, -0.1) is 0 Å². The SMILES string of the molecule is C[C@@H]1NC(=O)[C@@H](NC(=O)CCN2CCCCCC2=O)Cc2ccc(cc2)OCCNC(=O)C2(CC2)NC(=O)[C@@H](Cc2ccccc2)NC1=O. The van der Waals surface area contributed by atoms with Crippen LogP contribution in [0.5, 0.6) is 5.75 Å². The second kappa shape index (κ2) is 16.4. The van der Waals surface area contributed by atoms with Crippen molar-refractivity contribution in [3.05, 3.63) is 65.7 Å². The molecule has 6 amide bonds. The van der Waals surface area contributed by atoms with Crippen molar-refractivity contribution in [3.63, 3.8) is 0 Å². The Bertz CT molecular complexity index is 1510. The molecule has 1 spiro atoms. The zero-order chi connectivity index (χ0) is 34.8. The number of hydrogen-bond acceptors (Lipinski definition) is 7. The second-order valence-electron chi connectivity index (χ2n) is 13.1. The van der Waals surface area contributed by atoms with Crippen molar-refractivity contribution in [2.75, 3.05) is 26.2 Å². The number of ether oxygens (including phenoxy) is 1. The van der Waals surface area contributed by atoms with Crippen LogP contribution >= 0.6 is 0 Å². The molecule has 3 aliphatic heterocycles. The van der Waals surface area contributed by atoms with Crippen molar-refractivity contribution in [2.24, 2.45) is 0 Å². The Morgan fingerprint density at radius 1 is 0.918 bits per heavy atom. The summed E-state index contributed by atoms with van der Waals surface area (Å²) in [5, 5.41) is 14.0.